The molecular formula is C19H28N6O2. The minimum absolute atomic E-state index is 0.0267. The Balaban J connectivity index is 1.70. The van der Waals surface area contributed by atoms with Crippen LogP contribution >= 0.6 is 0 Å². The number of aryl methyl sites for hydroxylation is 3. The van der Waals surface area contributed by atoms with Gasteiger partial charge in [-0.2, -0.15) is 5.10 Å². The third-order valence-electron chi connectivity index (χ3n) is 4.92. The van der Waals surface area contributed by atoms with Gasteiger partial charge in [0.2, 0.25) is 5.95 Å². The molecular weight excluding hydrogens is 344 g/mol. The molecule has 8 nitrogen and oxygen atoms in total. The van der Waals surface area contributed by atoms with Crippen LogP contribution in [0.25, 0.3) is 0 Å². The summed E-state index contributed by atoms with van der Waals surface area (Å²) in [6.07, 6.45) is 0.734. The predicted molar refractivity (Wildman–Crippen MR) is 103 cm³/mol. The third-order valence-corrected chi connectivity index (χ3v) is 4.92. The molecule has 2 aromatic heterocycles. The average molecular weight is 372 g/mol. The molecule has 0 spiro atoms. The molecule has 0 aliphatic carbocycles. The van der Waals surface area contributed by atoms with Gasteiger partial charge in [-0.05, 0) is 45.7 Å². The van der Waals surface area contributed by atoms with Crippen LogP contribution in [0.2, 0.25) is 0 Å². The largest absolute Gasteiger partial charge is 0.378 e. The summed E-state index contributed by atoms with van der Waals surface area (Å²) < 4.78 is 7.25. The van der Waals surface area contributed by atoms with E-state index in [9.17, 15) is 4.79 Å². The summed E-state index contributed by atoms with van der Waals surface area (Å²) in [5.41, 5.74) is 4.49. The van der Waals surface area contributed by atoms with Gasteiger partial charge in [0, 0.05) is 37.6 Å². The van der Waals surface area contributed by atoms with Gasteiger partial charge in [-0.25, -0.2) is 9.97 Å². The van der Waals surface area contributed by atoms with Gasteiger partial charge < -0.3 is 15.0 Å². The fraction of sp³-hybridized carbons (Fsp3) is 0.579. The maximum absolute atomic E-state index is 12.7. The molecule has 0 saturated carbocycles. The molecule has 1 aliphatic heterocycles. The maximum Gasteiger partial charge on any atom is 0.270 e. The van der Waals surface area contributed by atoms with E-state index in [2.05, 4.69) is 25.3 Å². The van der Waals surface area contributed by atoms with Crippen molar-refractivity contribution in [2.75, 3.05) is 31.2 Å². The summed E-state index contributed by atoms with van der Waals surface area (Å²) in [6.45, 7) is 10.7. The number of nitrogens with zero attached hydrogens (tertiary/aromatic N) is 5. The molecule has 1 saturated heterocycles. The molecule has 1 fully saturated rings. The van der Waals surface area contributed by atoms with E-state index in [0.717, 1.165) is 36.6 Å². The van der Waals surface area contributed by atoms with Gasteiger partial charge in [0.1, 0.15) is 5.69 Å². The van der Waals surface area contributed by atoms with Crippen molar-refractivity contribution in [2.24, 2.45) is 7.05 Å². The highest BCUT2D eigenvalue weighted by molar-refractivity contribution is 5.92. The summed E-state index contributed by atoms with van der Waals surface area (Å²) in [5.74, 6) is 0.414. The number of carbonyl (C=O) groups is 1. The van der Waals surface area contributed by atoms with Gasteiger partial charge in [0.05, 0.1) is 18.9 Å². The Bertz CT molecular complexity index is 826. The minimum atomic E-state index is -0.179. The van der Waals surface area contributed by atoms with Crippen LogP contribution in [0.15, 0.2) is 6.07 Å². The van der Waals surface area contributed by atoms with Gasteiger partial charge in [-0.1, -0.05) is 0 Å². The lowest BCUT2D eigenvalue weighted by molar-refractivity contribution is 0.0934. The number of carbonyl (C=O) groups excluding carboxylic acids is 1. The summed E-state index contributed by atoms with van der Waals surface area (Å²) in [6, 6.07) is 1.70. The zero-order valence-corrected chi connectivity index (χ0v) is 16.7. The van der Waals surface area contributed by atoms with E-state index < -0.39 is 0 Å². The van der Waals surface area contributed by atoms with E-state index in [4.69, 9.17) is 4.74 Å². The monoisotopic (exact) mass is 372 g/mol. The molecule has 1 unspecified atom stereocenters. The Labute approximate surface area is 159 Å². The first-order valence-electron chi connectivity index (χ1n) is 9.33. The molecule has 27 heavy (non-hydrogen) atoms. The van der Waals surface area contributed by atoms with Crippen molar-refractivity contribution in [3.63, 3.8) is 0 Å². The molecule has 3 rings (SSSR count). The van der Waals surface area contributed by atoms with Crippen molar-refractivity contribution in [3.05, 3.63) is 34.4 Å². The molecule has 1 N–H and O–H groups in total. The van der Waals surface area contributed by atoms with Crippen LogP contribution in [0, 0.1) is 20.8 Å². The third kappa shape index (κ3) is 4.44. The predicted octanol–water partition coefficient (Wildman–Crippen LogP) is 1.33. The van der Waals surface area contributed by atoms with Crippen LogP contribution in [-0.4, -0.2) is 58.0 Å². The normalized spacial score (nSPS) is 15.7. The lowest BCUT2D eigenvalue weighted by Crippen LogP contribution is -2.38. The highest BCUT2D eigenvalue weighted by Gasteiger charge is 2.19. The van der Waals surface area contributed by atoms with Gasteiger partial charge >= 0.3 is 0 Å². The Kier molecular flexibility index (Phi) is 5.74. The maximum atomic E-state index is 12.7. The number of rotatable bonds is 5. The first-order chi connectivity index (χ1) is 12.8. The van der Waals surface area contributed by atoms with E-state index >= 15 is 0 Å². The van der Waals surface area contributed by atoms with Crippen molar-refractivity contribution >= 4 is 11.9 Å². The topological polar surface area (TPSA) is 85.2 Å². The molecule has 0 aromatic carbocycles. The molecule has 1 aliphatic rings. The van der Waals surface area contributed by atoms with Crippen molar-refractivity contribution in [2.45, 2.75) is 40.2 Å². The quantitative estimate of drug-likeness (QED) is 0.852. The zero-order valence-electron chi connectivity index (χ0n) is 16.7. The zero-order chi connectivity index (χ0) is 19.6. The molecule has 1 amide bonds. The van der Waals surface area contributed by atoms with Crippen molar-refractivity contribution in [3.8, 4) is 0 Å². The fourth-order valence-corrected chi connectivity index (χ4v) is 3.34. The van der Waals surface area contributed by atoms with Gasteiger partial charge in [0.25, 0.3) is 5.91 Å². The smallest absolute Gasteiger partial charge is 0.270 e. The Morgan fingerprint density at radius 3 is 2.59 bits per heavy atom. The Morgan fingerprint density at radius 2 is 1.96 bits per heavy atom. The average Bonchev–Trinajstić information content (AvgIpc) is 2.88. The van der Waals surface area contributed by atoms with Gasteiger partial charge in [-0.15, -0.1) is 0 Å². The van der Waals surface area contributed by atoms with Crippen LogP contribution in [0.5, 0.6) is 0 Å². The van der Waals surface area contributed by atoms with E-state index in [1.807, 2.05) is 39.4 Å². The Hall–Kier alpha value is -2.48. The number of aromatic nitrogens is 4. The summed E-state index contributed by atoms with van der Waals surface area (Å²) in [7, 11) is 1.94. The summed E-state index contributed by atoms with van der Waals surface area (Å²) >= 11 is 0. The van der Waals surface area contributed by atoms with E-state index in [1.54, 1.807) is 6.07 Å². The number of morpholine rings is 1. The molecule has 0 bridgehead atoms. The minimum Gasteiger partial charge on any atom is -0.378 e. The lowest BCUT2D eigenvalue weighted by Gasteiger charge is -2.27. The van der Waals surface area contributed by atoms with Crippen molar-refractivity contribution in [1.82, 2.24) is 25.1 Å². The first-order valence-corrected chi connectivity index (χ1v) is 9.33. The van der Waals surface area contributed by atoms with E-state index in [1.165, 1.54) is 5.56 Å². The van der Waals surface area contributed by atoms with Gasteiger partial charge in [0.15, 0.2) is 0 Å². The highest BCUT2D eigenvalue weighted by atomic mass is 16.5. The lowest BCUT2D eigenvalue weighted by atomic mass is 10.1. The molecule has 146 valence electrons. The second-order valence-electron chi connectivity index (χ2n) is 7.15. The number of amides is 1. The van der Waals surface area contributed by atoms with Crippen LogP contribution in [0.4, 0.5) is 5.95 Å². The number of nitrogens with one attached hydrogen (secondary N) is 1. The highest BCUT2D eigenvalue weighted by Crippen LogP contribution is 2.15. The number of ether oxygens (including phenoxy) is 1. The van der Waals surface area contributed by atoms with Crippen LogP contribution in [-0.2, 0) is 18.2 Å². The SMILES string of the molecule is Cc1cc(C(=O)NC(C)Cc2c(C)nn(C)c2C)nc(N2CCOCC2)n1. The molecule has 2 aromatic rings. The second kappa shape index (κ2) is 8.04. The summed E-state index contributed by atoms with van der Waals surface area (Å²) in [4.78, 5) is 23.8. The number of hydrogen-bond donors (Lipinski definition) is 1. The molecule has 0 radical (unpaired) electrons. The van der Waals surface area contributed by atoms with Crippen LogP contribution in [0.1, 0.15) is 40.1 Å². The fourth-order valence-electron chi connectivity index (χ4n) is 3.34. The van der Waals surface area contributed by atoms with Crippen molar-refractivity contribution in [1.29, 1.82) is 0 Å². The Morgan fingerprint density at radius 1 is 1.26 bits per heavy atom. The molecule has 3 heterocycles. The summed E-state index contributed by atoms with van der Waals surface area (Å²) in [5, 5.41) is 7.50. The first kappa shape index (κ1) is 19.3. The van der Waals surface area contributed by atoms with E-state index in [-0.39, 0.29) is 11.9 Å². The van der Waals surface area contributed by atoms with Gasteiger partial charge in [-0.3, -0.25) is 9.48 Å². The van der Waals surface area contributed by atoms with E-state index in [0.29, 0.717) is 24.9 Å². The van der Waals surface area contributed by atoms with Crippen LogP contribution in [0.3, 0.4) is 0 Å². The number of anilines is 1. The number of hydrogen-bond acceptors (Lipinski definition) is 6. The molecule has 1 atom stereocenters. The van der Waals surface area contributed by atoms with Crippen molar-refractivity contribution < 1.29 is 9.53 Å². The molecule has 8 heteroatoms. The standard InChI is InChI=1S/C19H28N6O2/c1-12(10-16-14(3)23-24(5)15(16)4)20-18(26)17-11-13(2)21-19(22-17)25-6-8-27-9-7-25/h11-12H,6-10H2,1-5H3,(H,20,26). The second-order valence-corrected chi connectivity index (χ2v) is 7.15. The van der Waals surface area contributed by atoms with Crippen LogP contribution < -0.4 is 10.2 Å².